The topological polar surface area (TPSA) is 20.3 Å². The van der Waals surface area contributed by atoms with E-state index >= 15 is 0 Å². The van der Waals surface area contributed by atoms with Crippen LogP contribution < -0.4 is 4.90 Å². The molecule has 0 aliphatic carbocycles. The molecule has 1 amide bonds. The van der Waals surface area contributed by atoms with E-state index in [0.29, 0.717) is 0 Å². The normalized spacial score (nSPS) is 21.3. The van der Waals surface area contributed by atoms with Gasteiger partial charge >= 0.3 is 0 Å². The molecule has 0 radical (unpaired) electrons. The highest BCUT2D eigenvalue weighted by Crippen LogP contribution is 2.28. The monoisotopic (exact) mass is 345 g/mol. The van der Waals surface area contributed by atoms with Crippen LogP contribution in [0.5, 0.6) is 0 Å². The predicted octanol–water partition coefficient (Wildman–Crippen LogP) is 3.65. The van der Waals surface area contributed by atoms with Crippen LogP contribution in [0, 0.1) is 6.92 Å². The standard InChI is InChI=1S/C12H13Br2NO/c1-8-4-5-9(7-11(8)14)15-6-2-3-10(13)12(15)16/h4-5,7,10H,2-3,6H2,1H3. The number of hydrogen-bond acceptors (Lipinski definition) is 1. The number of aryl methyl sites for hydroxylation is 1. The number of alkyl halides is 1. The lowest BCUT2D eigenvalue weighted by Gasteiger charge is -2.30. The van der Waals surface area contributed by atoms with Crippen molar-refractivity contribution in [3.05, 3.63) is 28.2 Å². The second kappa shape index (κ2) is 4.88. The van der Waals surface area contributed by atoms with Crippen molar-refractivity contribution in [2.24, 2.45) is 0 Å². The highest BCUT2D eigenvalue weighted by Gasteiger charge is 2.27. The number of carbonyl (C=O) groups is 1. The van der Waals surface area contributed by atoms with Crippen LogP contribution in [0.25, 0.3) is 0 Å². The van der Waals surface area contributed by atoms with Crippen LogP contribution >= 0.6 is 31.9 Å². The Bertz CT molecular complexity index is 419. The number of piperidine rings is 1. The van der Waals surface area contributed by atoms with E-state index in [9.17, 15) is 4.79 Å². The zero-order valence-corrected chi connectivity index (χ0v) is 12.2. The lowest BCUT2D eigenvalue weighted by Crippen LogP contribution is -2.41. The summed E-state index contributed by atoms with van der Waals surface area (Å²) in [5.74, 6) is 0.169. The van der Waals surface area contributed by atoms with E-state index in [1.54, 1.807) is 0 Å². The molecule has 1 aliphatic heterocycles. The Morgan fingerprint density at radius 2 is 2.19 bits per heavy atom. The zero-order valence-electron chi connectivity index (χ0n) is 9.04. The maximum absolute atomic E-state index is 12.0. The Morgan fingerprint density at radius 1 is 1.44 bits per heavy atom. The minimum atomic E-state index is -0.0265. The molecule has 1 unspecified atom stereocenters. The van der Waals surface area contributed by atoms with Crippen LogP contribution in [-0.2, 0) is 4.79 Å². The quantitative estimate of drug-likeness (QED) is 0.711. The first-order chi connectivity index (χ1) is 7.59. The number of hydrogen-bond donors (Lipinski definition) is 0. The van der Waals surface area contributed by atoms with Gasteiger partial charge in [0.1, 0.15) is 0 Å². The van der Waals surface area contributed by atoms with Gasteiger partial charge in [-0.05, 0) is 37.5 Å². The van der Waals surface area contributed by atoms with E-state index in [1.165, 1.54) is 5.56 Å². The highest BCUT2D eigenvalue weighted by atomic mass is 79.9. The van der Waals surface area contributed by atoms with Gasteiger partial charge in [0.15, 0.2) is 0 Å². The minimum Gasteiger partial charge on any atom is -0.311 e. The van der Waals surface area contributed by atoms with Crippen LogP contribution in [0.2, 0.25) is 0 Å². The van der Waals surface area contributed by atoms with Crippen molar-refractivity contribution in [2.75, 3.05) is 11.4 Å². The lowest BCUT2D eigenvalue weighted by atomic mass is 10.1. The molecule has 0 N–H and O–H groups in total. The Balaban J connectivity index is 2.29. The third kappa shape index (κ3) is 2.33. The van der Waals surface area contributed by atoms with E-state index in [-0.39, 0.29) is 10.7 Å². The van der Waals surface area contributed by atoms with E-state index in [0.717, 1.165) is 29.5 Å². The number of benzene rings is 1. The second-order valence-corrected chi connectivity index (χ2v) is 5.99. The van der Waals surface area contributed by atoms with Crippen molar-refractivity contribution >= 4 is 43.5 Å². The van der Waals surface area contributed by atoms with E-state index < -0.39 is 0 Å². The van der Waals surface area contributed by atoms with Gasteiger partial charge in [-0.1, -0.05) is 37.9 Å². The van der Waals surface area contributed by atoms with Crippen LogP contribution in [0.1, 0.15) is 18.4 Å². The molecule has 0 aromatic heterocycles. The summed E-state index contributed by atoms with van der Waals surface area (Å²) in [6, 6.07) is 6.05. The molecule has 2 rings (SSSR count). The van der Waals surface area contributed by atoms with Crippen molar-refractivity contribution in [3.63, 3.8) is 0 Å². The number of anilines is 1. The maximum Gasteiger partial charge on any atom is 0.240 e. The first-order valence-electron chi connectivity index (χ1n) is 5.31. The average molecular weight is 347 g/mol. The Morgan fingerprint density at radius 3 is 2.88 bits per heavy atom. The molecule has 86 valence electrons. The van der Waals surface area contributed by atoms with Crippen molar-refractivity contribution in [1.82, 2.24) is 0 Å². The highest BCUT2D eigenvalue weighted by molar-refractivity contribution is 9.10. The molecular weight excluding hydrogens is 334 g/mol. The molecule has 1 atom stereocenters. The first-order valence-corrected chi connectivity index (χ1v) is 7.02. The van der Waals surface area contributed by atoms with Gasteiger partial charge in [-0.2, -0.15) is 0 Å². The van der Waals surface area contributed by atoms with E-state index in [1.807, 2.05) is 30.0 Å². The van der Waals surface area contributed by atoms with Gasteiger partial charge in [0, 0.05) is 16.7 Å². The minimum absolute atomic E-state index is 0.0265. The van der Waals surface area contributed by atoms with Gasteiger partial charge in [0.25, 0.3) is 0 Å². The van der Waals surface area contributed by atoms with Crippen LogP contribution in [0.4, 0.5) is 5.69 Å². The fourth-order valence-electron chi connectivity index (χ4n) is 1.84. The SMILES string of the molecule is Cc1ccc(N2CCCC(Br)C2=O)cc1Br. The summed E-state index contributed by atoms with van der Waals surface area (Å²) in [6.07, 6.45) is 1.98. The fraction of sp³-hybridized carbons (Fsp3) is 0.417. The lowest BCUT2D eigenvalue weighted by molar-refractivity contribution is -0.118. The van der Waals surface area contributed by atoms with E-state index in [4.69, 9.17) is 0 Å². The van der Waals surface area contributed by atoms with Crippen LogP contribution in [0.15, 0.2) is 22.7 Å². The molecule has 2 nitrogen and oxygen atoms in total. The first kappa shape index (κ1) is 12.1. The molecule has 16 heavy (non-hydrogen) atoms. The van der Waals surface area contributed by atoms with Crippen molar-refractivity contribution < 1.29 is 4.79 Å². The van der Waals surface area contributed by atoms with Gasteiger partial charge in [-0.3, -0.25) is 4.79 Å². The summed E-state index contributed by atoms with van der Waals surface area (Å²) >= 11 is 6.92. The number of nitrogens with zero attached hydrogens (tertiary/aromatic N) is 1. The summed E-state index contributed by atoms with van der Waals surface area (Å²) in [4.78, 5) is 13.8. The smallest absolute Gasteiger partial charge is 0.240 e. The maximum atomic E-state index is 12.0. The average Bonchev–Trinajstić information content (AvgIpc) is 2.26. The Kier molecular flexibility index (Phi) is 3.70. The molecule has 1 aliphatic rings. The zero-order chi connectivity index (χ0) is 11.7. The van der Waals surface area contributed by atoms with Crippen LogP contribution in [0.3, 0.4) is 0 Å². The Hall–Kier alpha value is -0.350. The molecule has 4 heteroatoms. The summed E-state index contributed by atoms with van der Waals surface area (Å²) < 4.78 is 1.05. The second-order valence-electron chi connectivity index (χ2n) is 4.03. The summed E-state index contributed by atoms with van der Waals surface area (Å²) in [7, 11) is 0. The molecule has 1 heterocycles. The number of amides is 1. The summed E-state index contributed by atoms with van der Waals surface area (Å²) in [6.45, 7) is 2.86. The fourth-order valence-corrected chi connectivity index (χ4v) is 2.77. The molecule has 0 spiro atoms. The van der Waals surface area contributed by atoms with E-state index in [2.05, 4.69) is 31.9 Å². The van der Waals surface area contributed by atoms with Crippen molar-refractivity contribution in [1.29, 1.82) is 0 Å². The molecule has 1 aromatic carbocycles. The largest absolute Gasteiger partial charge is 0.311 e. The predicted molar refractivity (Wildman–Crippen MR) is 73.2 cm³/mol. The third-order valence-electron chi connectivity index (χ3n) is 2.84. The molecule has 1 aromatic rings. The number of rotatable bonds is 1. The van der Waals surface area contributed by atoms with Gasteiger partial charge < -0.3 is 4.90 Å². The van der Waals surface area contributed by atoms with Gasteiger partial charge in [-0.25, -0.2) is 0 Å². The molecule has 0 saturated carbocycles. The van der Waals surface area contributed by atoms with Crippen LogP contribution in [-0.4, -0.2) is 17.3 Å². The third-order valence-corrected chi connectivity index (χ3v) is 4.54. The molecular formula is C12H13Br2NO. The van der Waals surface area contributed by atoms with Crippen molar-refractivity contribution in [3.8, 4) is 0 Å². The number of carbonyl (C=O) groups excluding carboxylic acids is 1. The molecule has 1 saturated heterocycles. The van der Waals surface area contributed by atoms with Gasteiger partial charge in [0.05, 0.1) is 4.83 Å². The molecule has 1 fully saturated rings. The number of halogens is 2. The van der Waals surface area contributed by atoms with Gasteiger partial charge in [0.2, 0.25) is 5.91 Å². The summed E-state index contributed by atoms with van der Waals surface area (Å²) in [5.41, 5.74) is 2.16. The van der Waals surface area contributed by atoms with Gasteiger partial charge in [-0.15, -0.1) is 0 Å². The summed E-state index contributed by atoms with van der Waals surface area (Å²) in [5, 5.41) is 0. The molecule has 0 bridgehead atoms. The Labute approximate surface area is 112 Å². The van der Waals surface area contributed by atoms with Crippen molar-refractivity contribution in [2.45, 2.75) is 24.6 Å².